The molecule has 1 saturated heterocycles. The lowest BCUT2D eigenvalue weighted by atomic mass is 9.94. The number of piperidine rings is 1. The molecule has 7 heteroatoms. The molecule has 2 rings (SSSR count). The van der Waals surface area contributed by atoms with Crippen molar-refractivity contribution in [1.29, 1.82) is 0 Å². The van der Waals surface area contributed by atoms with E-state index in [0.717, 1.165) is 12.8 Å². The van der Waals surface area contributed by atoms with Crippen LogP contribution in [0, 0.1) is 5.92 Å². The third-order valence-corrected chi connectivity index (χ3v) is 3.70. The van der Waals surface area contributed by atoms with Crippen molar-refractivity contribution in [2.75, 3.05) is 18.4 Å². The second kappa shape index (κ2) is 5.81. The van der Waals surface area contributed by atoms with Crippen LogP contribution in [0.15, 0.2) is 11.6 Å². The summed E-state index contributed by atoms with van der Waals surface area (Å²) in [5, 5.41) is 13.8. The fraction of sp³-hybridized carbons (Fsp3) is 0.545. The van der Waals surface area contributed by atoms with E-state index in [1.54, 1.807) is 16.5 Å². The summed E-state index contributed by atoms with van der Waals surface area (Å²) in [6.07, 6.45) is 3.33. The minimum atomic E-state index is -0.763. The van der Waals surface area contributed by atoms with Gasteiger partial charge in [-0.05, 0) is 18.8 Å². The van der Waals surface area contributed by atoms with E-state index in [-0.39, 0.29) is 18.4 Å². The van der Waals surface area contributed by atoms with Crippen LogP contribution >= 0.6 is 11.3 Å². The number of likely N-dealkylation sites (tertiary alicyclic amines) is 1. The highest BCUT2D eigenvalue weighted by molar-refractivity contribution is 7.13. The highest BCUT2D eigenvalue weighted by Crippen LogP contribution is 2.21. The average molecular weight is 269 g/mol. The molecular weight excluding hydrogens is 254 g/mol. The number of aromatic nitrogens is 1. The highest BCUT2D eigenvalue weighted by Gasteiger charge is 2.24. The number of carboxylic acid groups (broad SMARTS) is 1. The van der Waals surface area contributed by atoms with Gasteiger partial charge in [-0.2, -0.15) is 0 Å². The summed E-state index contributed by atoms with van der Waals surface area (Å²) in [4.78, 5) is 28.1. The largest absolute Gasteiger partial charge is 0.481 e. The minimum Gasteiger partial charge on any atom is -0.481 e. The number of hydrogen-bond acceptors (Lipinski definition) is 4. The summed E-state index contributed by atoms with van der Waals surface area (Å²) < 4.78 is 0. The summed E-state index contributed by atoms with van der Waals surface area (Å²) in [7, 11) is 0. The van der Waals surface area contributed by atoms with Gasteiger partial charge in [0.25, 0.3) is 0 Å². The minimum absolute atomic E-state index is 0.154. The zero-order chi connectivity index (χ0) is 13.0. The molecule has 1 aliphatic rings. The topological polar surface area (TPSA) is 82.5 Å². The van der Waals surface area contributed by atoms with E-state index in [9.17, 15) is 9.59 Å². The third-order valence-electron chi connectivity index (χ3n) is 3.01. The van der Waals surface area contributed by atoms with Gasteiger partial charge in [-0.15, -0.1) is 11.3 Å². The molecule has 0 unspecified atom stereocenters. The molecule has 0 spiro atoms. The fourth-order valence-corrected chi connectivity index (χ4v) is 2.56. The van der Waals surface area contributed by atoms with Crippen LogP contribution in [0.5, 0.6) is 0 Å². The normalized spacial score (nSPS) is 16.6. The van der Waals surface area contributed by atoms with Crippen LogP contribution in [0.25, 0.3) is 0 Å². The molecule has 1 aromatic rings. The number of anilines is 1. The molecule has 2 N–H and O–H groups in total. The van der Waals surface area contributed by atoms with Crippen molar-refractivity contribution in [3.63, 3.8) is 0 Å². The summed E-state index contributed by atoms with van der Waals surface area (Å²) in [5.41, 5.74) is 0. The van der Waals surface area contributed by atoms with E-state index in [1.165, 1.54) is 11.3 Å². The van der Waals surface area contributed by atoms with E-state index < -0.39 is 5.97 Å². The second-order valence-electron chi connectivity index (χ2n) is 4.30. The first kappa shape index (κ1) is 12.8. The van der Waals surface area contributed by atoms with Gasteiger partial charge in [0, 0.05) is 31.1 Å². The lowest BCUT2D eigenvalue weighted by molar-refractivity contribution is -0.138. The molecule has 0 atom stereocenters. The lowest BCUT2D eigenvalue weighted by Gasteiger charge is -2.31. The average Bonchev–Trinajstić information content (AvgIpc) is 2.82. The molecule has 1 aromatic heterocycles. The zero-order valence-corrected chi connectivity index (χ0v) is 10.7. The van der Waals surface area contributed by atoms with Crippen molar-refractivity contribution in [2.45, 2.75) is 19.3 Å². The molecule has 0 radical (unpaired) electrons. The predicted octanol–water partition coefficient (Wildman–Crippen LogP) is 1.86. The van der Waals surface area contributed by atoms with Gasteiger partial charge in [0.05, 0.1) is 0 Å². The summed E-state index contributed by atoms with van der Waals surface area (Å²) >= 11 is 1.38. The summed E-state index contributed by atoms with van der Waals surface area (Å²) in [6.45, 7) is 1.21. The third kappa shape index (κ3) is 3.43. The van der Waals surface area contributed by atoms with Crippen molar-refractivity contribution < 1.29 is 14.7 Å². The Morgan fingerprint density at radius 3 is 2.78 bits per heavy atom. The Morgan fingerprint density at radius 2 is 2.22 bits per heavy atom. The van der Waals surface area contributed by atoms with Gasteiger partial charge in [-0.3, -0.25) is 10.1 Å². The Balaban J connectivity index is 1.79. The molecular formula is C11H15N3O3S. The van der Waals surface area contributed by atoms with Crippen molar-refractivity contribution in [2.24, 2.45) is 5.92 Å². The van der Waals surface area contributed by atoms with E-state index >= 15 is 0 Å². The van der Waals surface area contributed by atoms with Gasteiger partial charge in [0.15, 0.2) is 5.13 Å². The molecule has 1 fully saturated rings. The monoisotopic (exact) mass is 269 g/mol. The Bertz CT molecular complexity index is 413. The maximum Gasteiger partial charge on any atom is 0.323 e. The molecule has 2 amide bonds. The Hall–Kier alpha value is -1.63. The van der Waals surface area contributed by atoms with Crippen LogP contribution in [0.1, 0.15) is 19.3 Å². The highest BCUT2D eigenvalue weighted by atomic mass is 32.1. The zero-order valence-electron chi connectivity index (χ0n) is 9.83. The van der Waals surface area contributed by atoms with Crippen LogP contribution in [-0.4, -0.2) is 40.1 Å². The number of aliphatic carboxylic acids is 1. The lowest BCUT2D eigenvalue weighted by Crippen LogP contribution is -2.41. The number of hydrogen-bond donors (Lipinski definition) is 2. The number of rotatable bonds is 3. The van der Waals surface area contributed by atoms with Crippen LogP contribution in [0.4, 0.5) is 9.93 Å². The number of urea groups is 1. The molecule has 98 valence electrons. The van der Waals surface area contributed by atoms with Gasteiger partial charge >= 0.3 is 12.0 Å². The number of nitrogens with one attached hydrogen (secondary N) is 1. The van der Waals surface area contributed by atoms with E-state index in [0.29, 0.717) is 18.2 Å². The Kier molecular flexibility index (Phi) is 4.14. The Labute approximate surface area is 109 Å². The van der Waals surface area contributed by atoms with Crippen LogP contribution in [0.3, 0.4) is 0 Å². The molecule has 2 heterocycles. The van der Waals surface area contributed by atoms with Gasteiger partial charge < -0.3 is 10.0 Å². The van der Waals surface area contributed by atoms with E-state index in [1.807, 2.05) is 0 Å². The van der Waals surface area contributed by atoms with Gasteiger partial charge in [0.2, 0.25) is 0 Å². The number of thiazole rings is 1. The van der Waals surface area contributed by atoms with Crippen LogP contribution in [-0.2, 0) is 4.79 Å². The van der Waals surface area contributed by atoms with E-state index in [4.69, 9.17) is 5.11 Å². The number of nitrogens with zero attached hydrogens (tertiary/aromatic N) is 2. The summed E-state index contributed by atoms with van der Waals surface area (Å²) in [5.74, 6) is -0.577. The number of carbonyl (C=O) groups excluding carboxylic acids is 1. The SMILES string of the molecule is O=C(O)CC1CCN(C(=O)Nc2nccs2)CC1. The first-order valence-corrected chi connectivity index (χ1v) is 6.70. The van der Waals surface area contributed by atoms with Crippen molar-refractivity contribution in [3.8, 4) is 0 Å². The quantitative estimate of drug-likeness (QED) is 0.877. The maximum atomic E-state index is 11.9. The molecule has 18 heavy (non-hydrogen) atoms. The van der Waals surface area contributed by atoms with Crippen LogP contribution < -0.4 is 5.32 Å². The first-order chi connectivity index (χ1) is 8.65. The molecule has 0 bridgehead atoms. The Morgan fingerprint density at radius 1 is 1.50 bits per heavy atom. The number of carbonyl (C=O) groups is 2. The molecule has 0 saturated carbocycles. The molecule has 0 aromatic carbocycles. The molecule has 6 nitrogen and oxygen atoms in total. The fourth-order valence-electron chi connectivity index (χ4n) is 2.04. The first-order valence-electron chi connectivity index (χ1n) is 5.82. The molecule has 0 aliphatic carbocycles. The number of carboxylic acids is 1. The standard InChI is InChI=1S/C11H15N3O3S/c15-9(16)7-8-1-4-14(5-2-8)11(17)13-10-12-3-6-18-10/h3,6,8H,1-2,4-5,7H2,(H,15,16)(H,12,13,17). The van der Waals surface area contributed by atoms with Gasteiger partial charge in [0.1, 0.15) is 0 Å². The van der Waals surface area contributed by atoms with Gasteiger partial charge in [-0.1, -0.05) is 0 Å². The predicted molar refractivity (Wildman–Crippen MR) is 67.7 cm³/mol. The smallest absolute Gasteiger partial charge is 0.323 e. The number of amides is 2. The summed E-state index contributed by atoms with van der Waals surface area (Å²) in [6, 6.07) is -0.154. The van der Waals surface area contributed by atoms with Crippen LogP contribution in [0.2, 0.25) is 0 Å². The molecule has 1 aliphatic heterocycles. The van der Waals surface area contributed by atoms with Gasteiger partial charge in [-0.25, -0.2) is 9.78 Å². The van der Waals surface area contributed by atoms with Crippen molar-refractivity contribution >= 4 is 28.5 Å². The van der Waals surface area contributed by atoms with Crippen molar-refractivity contribution in [1.82, 2.24) is 9.88 Å². The van der Waals surface area contributed by atoms with E-state index in [2.05, 4.69) is 10.3 Å². The second-order valence-corrected chi connectivity index (χ2v) is 5.19. The van der Waals surface area contributed by atoms with Crippen molar-refractivity contribution in [3.05, 3.63) is 11.6 Å². The maximum absolute atomic E-state index is 11.9.